The van der Waals surface area contributed by atoms with E-state index in [1.165, 1.54) is 25.7 Å². The maximum absolute atomic E-state index is 6.02. The summed E-state index contributed by atoms with van der Waals surface area (Å²) in [6, 6.07) is 0. The van der Waals surface area contributed by atoms with Crippen molar-refractivity contribution in [1.82, 2.24) is 4.90 Å². The normalized spacial score (nSPS) is 32.9. The molecular weight excluding hydrogens is 198 g/mol. The van der Waals surface area contributed by atoms with Crippen molar-refractivity contribution in [3.05, 3.63) is 12.7 Å². The lowest BCUT2D eigenvalue weighted by atomic mass is 9.62. The van der Waals surface area contributed by atoms with Crippen LogP contribution in [0.4, 0.5) is 0 Å². The third-order valence-electron chi connectivity index (χ3n) is 4.51. The first-order chi connectivity index (χ1) is 7.53. The highest BCUT2D eigenvalue weighted by Crippen LogP contribution is 2.49. The number of aliphatic imine (C=N–C) groups is 1. The predicted octanol–water partition coefficient (Wildman–Crippen LogP) is 2.14. The first-order valence-electron chi connectivity index (χ1n) is 6.22. The Balaban J connectivity index is 2.32. The molecule has 1 atom stereocenters. The highest BCUT2D eigenvalue weighted by molar-refractivity contribution is 5.81. The molecule has 2 rings (SSSR count). The lowest BCUT2D eigenvalue weighted by molar-refractivity contribution is 0.0149. The molecule has 90 valence electrons. The molecule has 0 aromatic carbocycles. The van der Waals surface area contributed by atoms with Crippen LogP contribution in [0.15, 0.2) is 17.6 Å². The zero-order chi connectivity index (χ0) is 11.8. The molecule has 1 spiro atoms. The van der Waals surface area contributed by atoms with Crippen molar-refractivity contribution in [2.24, 2.45) is 16.1 Å². The Kier molecular flexibility index (Phi) is 2.72. The summed E-state index contributed by atoms with van der Waals surface area (Å²) in [5.41, 5.74) is 6.45. The van der Waals surface area contributed by atoms with E-state index >= 15 is 0 Å². The van der Waals surface area contributed by atoms with Gasteiger partial charge < -0.3 is 10.6 Å². The summed E-state index contributed by atoms with van der Waals surface area (Å²) < 4.78 is 0. The van der Waals surface area contributed by atoms with E-state index in [0.29, 0.717) is 11.4 Å². The summed E-state index contributed by atoms with van der Waals surface area (Å²) in [6.07, 6.45) is 7.03. The maximum atomic E-state index is 6.02. The topological polar surface area (TPSA) is 41.6 Å². The molecule has 2 N–H and O–H groups in total. The molecule has 3 nitrogen and oxygen atoms in total. The molecule has 0 bridgehead atoms. The van der Waals surface area contributed by atoms with Gasteiger partial charge in [-0.1, -0.05) is 32.8 Å². The molecule has 1 heterocycles. The SMILES string of the molecule is C=CCN1C(N)=NCC12CCCCC2(C)C. The largest absolute Gasteiger partial charge is 0.370 e. The summed E-state index contributed by atoms with van der Waals surface area (Å²) in [5, 5.41) is 0. The van der Waals surface area contributed by atoms with Crippen molar-refractivity contribution >= 4 is 5.96 Å². The minimum absolute atomic E-state index is 0.142. The van der Waals surface area contributed by atoms with E-state index < -0.39 is 0 Å². The van der Waals surface area contributed by atoms with E-state index in [2.05, 4.69) is 30.3 Å². The van der Waals surface area contributed by atoms with Crippen molar-refractivity contribution in [3.8, 4) is 0 Å². The summed E-state index contributed by atoms with van der Waals surface area (Å²) in [6.45, 7) is 10.2. The molecular formula is C13H23N3. The van der Waals surface area contributed by atoms with Crippen molar-refractivity contribution in [1.29, 1.82) is 0 Å². The summed E-state index contributed by atoms with van der Waals surface area (Å²) in [7, 11) is 0. The zero-order valence-electron chi connectivity index (χ0n) is 10.5. The minimum atomic E-state index is 0.142. The smallest absolute Gasteiger partial charge is 0.192 e. The fraction of sp³-hybridized carbons (Fsp3) is 0.769. The van der Waals surface area contributed by atoms with Gasteiger partial charge in [-0.05, 0) is 18.3 Å². The van der Waals surface area contributed by atoms with E-state index in [1.54, 1.807) is 0 Å². The van der Waals surface area contributed by atoms with Crippen LogP contribution in [0.25, 0.3) is 0 Å². The highest BCUT2D eigenvalue weighted by Gasteiger charge is 2.53. The van der Waals surface area contributed by atoms with Gasteiger partial charge in [-0.3, -0.25) is 4.99 Å². The van der Waals surface area contributed by atoms with Gasteiger partial charge in [0.05, 0.1) is 12.1 Å². The second kappa shape index (κ2) is 3.79. The maximum Gasteiger partial charge on any atom is 0.192 e. The Bertz CT molecular complexity index is 319. The van der Waals surface area contributed by atoms with Crippen LogP contribution in [-0.2, 0) is 0 Å². The molecule has 1 fully saturated rings. The van der Waals surface area contributed by atoms with Crippen molar-refractivity contribution in [2.75, 3.05) is 13.1 Å². The number of rotatable bonds is 2. The first kappa shape index (κ1) is 11.5. The molecule has 0 aromatic rings. The molecule has 0 radical (unpaired) electrons. The minimum Gasteiger partial charge on any atom is -0.370 e. The van der Waals surface area contributed by atoms with E-state index in [9.17, 15) is 0 Å². The lowest BCUT2D eigenvalue weighted by Crippen LogP contribution is -2.61. The fourth-order valence-electron chi connectivity index (χ4n) is 3.35. The Morgan fingerprint density at radius 3 is 2.75 bits per heavy atom. The fourth-order valence-corrected chi connectivity index (χ4v) is 3.35. The summed E-state index contributed by atoms with van der Waals surface area (Å²) in [4.78, 5) is 6.76. The van der Waals surface area contributed by atoms with Gasteiger partial charge in [0, 0.05) is 6.54 Å². The average molecular weight is 221 g/mol. The van der Waals surface area contributed by atoms with Gasteiger partial charge in [0.15, 0.2) is 5.96 Å². The van der Waals surface area contributed by atoms with Crippen LogP contribution >= 0.6 is 0 Å². The Labute approximate surface area is 98.4 Å². The molecule has 1 saturated carbocycles. The standard InChI is InChI=1S/C13H23N3/c1-4-9-16-11(14)15-10-13(16)8-6-5-7-12(13,2)3/h4H,1,5-10H2,2-3H3,(H2,14,15). The van der Waals surface area contributed by atoms with Gasteiger partial charge in [0.2, 0.25) is 0 Å². The Hall–Kier alpha value is -0.990. The zero-order valence-corrected chi connectivity index (χ0v) is 10.5. The Morgan fingerprint density at radius 1 is 1.44 bits per heavy atom. The Morgan fingerprint density at radius 2 is 2.12 bits per heavy atom. The van der Waals surface area contributed by atoms with Gasteiger partial charge >= 0.3 is 0 Å². The average Bonchev–Trinajstić information content (AvgIpc) is 2.53. The van der Waals surface area contributed by atoms with E-state index in [1.807, 2.05) is 6.08 Å². The molecule has 0 amide bonds. The highest BCUT2D eigenvalue weighted by atomic mass is 15.4. The van der Waals surface area contributed by atoms with Crippen LogP contribution in [0.3, 0.4) is 0 Å². The lowest BCUT2D eigenvalue weighted by Gasteiger charge is -2.53. The third-order valence-corrected chi connectivity index (χ3v) is 4.51. The number of nitrogens with zero attached hydrogens (tertiary/aromatic N) is 2. The molecule has 3 heteroatoms. The van der Waals surface area contributed by atoms with Crippen LogP contribution in [0.2, 0.25) is 0 Å². The third kappa shape index (κ3) is 1.45. The predicted molar refractivity (Wildman–Crippen MR) is 68.4 cm³/mol. The molecule has 0 aromatic heterocycles. The van der Waals surface area contributed by atoms with Crippen molar-refractivity contribution < 1.29 is 0 Å². The van der Waals surface area contributed by atoms with Gasteiger partial charge in [0.25, 0.3) is 0 Å². The molecule has 1 unspecified atom stereocenters. The van der Waals surface area contributed by atoms with Crippen LogP contribution in [0, 0.1) is 5.41 Å². The van der Waals surface area contributed by atoms with E-state index in [-0.39, 0.29) is 5.54 Å². The van der Waals surface area contributed by atoms with Gasteiger partial charge in [0.1, 0.15) is 0 Å². The molecule has 16 heavy (non-hydrogen) atoms. The second-order valence-electron chi connectivity index (χ2n) is 5.70. The van der Waals surface area contributed by atoms with Crippen LogP contribution in [-0.4, -0.2) is 29.5 Å². The van der Waals surface area contributed by atoms with Gasteiger partial charge in [-0.25, -0.2) is 0 Å². The number of guanidine groups is 1. The summed E-state index contributed by atoms with van der Waals surface area (Å²) in [5.74, 6) is 0.704. The number of hydrogen-bond acceptors (Lipinski definition) is 3. The van der Waals surface area contributed by atoms with Crippen LogP contribution < -0.4 is 5.73 Å². The number of nitrogens with two attached hydrogens (primary N) is 1. The molecule has 0 saturated heterocycles. The number of hydrogen-bond donors (Lipinski definition) is 1. The van der Waals surface area contributed by atoms with Crippen molar-refractivity contribution in [2.45, 2.75) is 45.1 Å². The van der Waals surface area contributed by atoms with Gasteiger partial charge in [-0.15, -0.1) is 6.58 Å². The van der Waals surface area contributed by atoms with E-state index in [0.717, 1.165) is 13.1 Å². The first-order valence-corrected chi connectivity index (χ1v) is 6.22. The van der Waals surface area contributed by atoms with Crippen molar-refractivity contribution in [3.63, 3.8) is 0 Å². The monoisotopic (exact) mass is 221 g/mol. The van der Waals surface area contributed by atoms with E-state index in [4.69, 9.17) is 5.73 Å². The second-order valence-corrected chi connectivity index (χ2v) is 5.70. The molecule has 2 aliphatic rings. The van der Waals surface area contributed by atoms with Gasteiger partial charge in [-0.2, -0.15) is 0 Å². The molecule has 1 aliphatic carbocycles. The quantitative estimate of drug-likeness (QED) is 0.726. The van der Waals surface area contributed by atoms with Crippen LogP contribution in [0.1, 0.15) is 39.5 Å². The molecule has 1 aliphatic heterocycles. The van der Waals surface area contributed by atoms with Crippen LogP contribution in [0.5, 0.6) is 0 Å². The summed E-state index contributed by atoms with van der Waals surface area (Å²) >= 11 is 0.